The Balaban J connectivity index is 1.72. The van der Waals surface area contributed by atoms with E-state index in [0.717, 1.165) is 21.8 Å². The predicted molar refractivity (Wildman–Crippen MR) is 107 cm³/mol. The van der Waals surface area contributed by atoms with E-state index >= 15 is 0 Å². The third kappa shape index (κ3) is 3.27. The zero-order valence-corrected chi connectivity index (χ0v) is 15.4. The smallest absolute Gasteiger partial charge is 0.343 e. The molecule has 0 aliphatic heterocycles. The van der Waals surface area contributed by atoms with Crippen molar-refractivity contribution < 1.29 is 9.53 Å². The van der Waals surface area contributed by atoms with Gasteiger partial charge in [-0.25, -0.2) is 9.78 Å². The van der Waals surface area contributed by atoms with E-state index in [4.69, 9.17) is 9.72 Å². The normalized spacial score (nSPS) is 10.9. The topological polar surface area (TPSA) is 72.1 Å². The fourth-order valence-electron chi connectivity index (χ4n) is 2.86. The summed E-state index contributed by atoms with van der Waals surface area (Å²) >= 11 is 1.55. The van der Waals surface area contributed by atoms with Crippen LogP contribution in [0.2, 0.25) is 0 Å². The molecule has 0 aliphatic rings. The van der Waals surface area contributed by atoms with Gasteiger partial charge in [-0.1, -0.05) is 36.4 Å². The number of rotatable bonds is 4. The van der Waals surface area contributed by atoms with Gasteiger partial charge in [0, 0.05) is 28.1 Å². The number of pyridine rings is 1. The molecule has 1 N–H and O–H groups in total. The molecule has 2 aromatic heterocycles. The molecule has 0 aliphatic carbocycles. The number of aromatic nitrogens is 2. The van der Waals surface area contributed by atoms with E-state index < -0.39 is 5.97 Å². The summed E-state index contributed by atoms with van der Waals surface area (Å²) in [5.74, 6) is -0.614. The second-order valence-corrected chi connectivity index (χ2v) is 6.77. The van der Waals surface area contributed by atoms with Gasteiger partial charge in [-0.2, -0.15) is 0 Å². The number of benzene rings is 2. The molecule has 0 saturated heterocycles. The molecule has 5 nitrogen and oxygen atoms in total. The maximum Gasteiger partial charge on any atom is 0.343 e. The molecule has 6 heteroatoms. The summed E-state index contributed by atoms with van der Waals surface area (Å²) in [5, 5.41) is 3.33. The molecular formula is C21H16N2O3S. The first-order chi connectivity index (χ1) is 13.2. The van der Waals surface area contributed by atoms with Crippen LogP contribution in [0.15, 0.2) is 64.9 Å². The first-order valence-electron chi connectivity index (χ1n) is 8.51. The SMILES string of the molecule is CCOC(=O)c1c[nH]c2cc(-c3nc(-c4ccccc4)cs3)ccc2c1=O. The molecule has 0 unspecified atom stereocenters. The lowest BCUT2D eigenvalue weighted by Crippen LogP contribution is -2.18. The number of carbonyl (C=O) groups excluding carboxylic acids is 1. The van der Waals surface area contributed by atoms with Crippen molar-refractivity contribution in [3.63, 3.8) is 0 Å². The standard InChI is InChI=1S/C21H16N2O3S/c1-2-26-21(25)16-11-22-17-10-14(8-9-15(17)19(16)24)20-23-18(12-27-20)13-6-4-3-5-7-13/h3-12H,2H2,1H3,(H,22,24). The Kier molecular flexibility index (Phi) is 4.56. The molecule has 2 heterocycles. The van der Waals surface area contributed by atoms with Crippen LogP contribution in [0.5, 0.6) is 0 Å². The Hall–Kier alpha value is -3.25. The van der Waals surface area contributed by atoms with Crippen LogP contribution in [0.4, 0.5) is 0 Å². The molecule has 0 radical (unpaired) electrons. The van der Waals surface area contributed by atoms with E-state index in [9.17, 15) is 9.59 Å². The quantitative estimate of drug-likeness (QED) is 0.533. The third-order valence-electron chi connectivity index (χ3n) is 4.20. The number of hydrogen-bond acceptors (Lipinski definition) is 5. The molecule has 4 rings (SSSR count). The predicted octanol–water partition coefficient (Wildman–Crippen LogP) is 4.50. The van der Waals surface area contributed by atoms with Crippen LogP contribution in [0.1, 0.15) is 17.3 Å². The number of carbonyl (C=O) groups is 1. The number of aromatic amines is 1. The molecule has 0 atom stereocenters. The van der Waals surface area contributed by atoms with Gasteiger partial charge in [0.15, 0.2) is 0 Å². The molecular weight excluding hydrogens is 360 g/mol. The zero-order valence-electron chi connectivity index (χ0n) is 14.6. The minimum Gasteiger partial charge on any atom is -0.462 e. The van der Waals surface area contributed by atoms with Gasteiger partial charge < -0.3 is 9.72 Å². The van der Waals surface area contributed by atoms with Crippen molar-refractivity contribution in [2.45, 2.75) is 6.92 Å². The van der Waals surface area contributed by atoms with E-state index in [1.165, 1.54) is 6.20 Å². The van der Waals surface area contributed by atoms with E-state index in [0.29, 0.717) is 10.9 Å². The summed E-state index contributed by atoms with van der Waals surface area (Å²) in [7, 11) is 0. The van der Waals surface area contributed by atoms with Gasteiger partial charge in [0.2, 0.25) is 5.43 Å². The Morgan fingerprint density at radius 2 is 1.96 bits per heavy atom. The van der Waals surface area contributed by atoms with Crippen molar-refractivity contribution in [2.75, 3.05) is 6.61 Å². The maximum atomic E-state index is 12.5. The van der Waals surface area contributed by atoms with E-state index in [1.54, 1.807) is 24.3 Å². The molecule has 0 spiro atoms. The molecule has 4 aromatic rings. The van der Waals surface area contributed by atoms with Gasteiger partial charge in [0.1, 0.15) is 10.6 Å². The van der Waals surface area contributed by atoms with Crippen LogP contribution in [0.3, 0.4) is 0 Å². The average Bonchev–Trinajstić information content (AvgIpc) is 3.19. The summed E-state index contributed by atoms with van der Waals surface area (Å²) in [5.41, 5.74) is 3.22. The highest BCUT2D eigenvalue weighted by molar-refractivity contribution is 7.13. The summed E-state index contributed by atoms with van der Waals surface area (Å²) in [6, 6.07) is 15.4. The Morgan fingerprint density at radius 3 is 2.74 bits per heavy atom. The van der Waals surface area contributed by atoms with Gasteiger partial charge >= 0.3 is 5.97 Å². The van der Waals surface area contributed by atoms with Gasteiger partial charge in [0.25, 0.3) is 0 Å². The Morgan fingerprint density at radius 1 is 1.15 bits per heavy atom. The van der Waals surface area contributed by atoms with Crippen molar-refractivity contribution >= 4 is 28.2 Å². The fourth-order valence-corrected chi connectivity index (χ4v) is 3.69. The number of esters is 1. The first kappa shape index (κ1) is 17.2. The Bertz CT molecular complexity index is 1180. The molecule has 0 fully saturated rings. The van der Waals surface area contributed by atoms with E-state index in [2.05, 4.69) is 4.98 Å². The van der Waals surface area contributed by atoms with Gasteiger partial charge in [-0.15, -0.1) is 11.3 Å². The number of ether oxygens (including phenoxy) is 1. The van der Waals surface area contributed by atoms with Crippen molar-refractivity contribution in [2.24, 2.45) is 0 Å². The number of hydrogen-bond donors (Lipinski definition) is 1. The molecule has 0 saturated carbocycles. The Labute approximate surface area is 159 Å². The lowest BCUT2D eigenvalue weighted by molar-refractivity contribution is 0.0524. The summed E-state index contributed by atoms with van der Waals surface area (Å²) in [4.78, 5) is 32.2. The molecule has 0 amide bonds. The molecule has 134 valence electrons. The fraction of sp³-hybridized carbons (Fsp3) is 0.0952. The highest BCUT2D eigenvalue weighted by Crippen LogP contribution is 2.29. The van der Waals surface area contributed by atoms with Crippen LogP contribution in [-0.2, 0) is 4.74 Å². The van der Waals surface area contributed by atoms with Gasteiger partial charge in [-0.05, 0) is 19.1 Å². The van der Waals surface area contributed by atoms with Crippen LogP contribution < -0.4 is 5.43 Å². The number of thiazole rings is 1. The zero-order chi connectivity index (χ0) is 18.8. The first-order valence-corrected chi connectivity index (χ1v) is 9.39. The van der Waals surface area contributed by atoms with Gasteiger partial charge in [0.05, 0.1) is 17.8 Å². The summed E-state index contributed by atoms with van der Waals surface area (Å²) < 4.78 is 4.93. The monoisotopic (exact) mass is 376 g/mol. The molecule has 0 bridgehead atoms. The summed E-state index contributed by atoms with van der Waals surface area (Å²) in [6.07, 6.45) is 1.41. The second kappa shape index (κ2) is 7.17. The van der Waals surface area contributed by atoms with Crippen molar-refractivity contribution in [3.05, 3.63) is 75.9 Å². The minimum atomic E-state index is -0.614. The van der Waals surface area contributed by atoms with Crippen molar-refractivity contribution in [3.8, 4) is 21.8 Å². The average molecular weight is 376 g/mol. The molecule has 2 aromatic carbocycles. The van der Waals surface area contributed by atoms with Crippen LogP contribution in [0, 0.1) is 0 Å². The van der Waals surface area contributed by atoms with Crippen molar-refractivity contribution in [1.29, 1.82) is 0 Å². The van der Waals surface area contributed by atoms with E-state index in [1.807, 2.05) is 47.8 Å². The highest BCUT2D eigenvalue weighted by atomic mass is 32.1. The van der Waals surface area contributed by atoms with E-state index in [-0.39, 0.29) is 17.6 Å². The van der Waals surface area contributed by atoms with Crippen molar-refractivity contribution in [1.82, 2.24) is 9.97 Å². The third-order valence-corrected chi connectivity index (χ3v) is 5.09. The number of nitrogens with one attached hydrogen (secondary N) is 1. The largest absolute Gasteiger partial charge is 0.462 e. The highest BCUT2D eigenvalue weighted by Gasteiger charge is 2.15. The lowest BCUT2D eigenvalue weighted by atomic mass is 10.1. The summed E-state index contributed by atoms with van der Waals surface area (Å²) in [6.45, 7) is 1.93. The van der Waals surface area contributed by atoms with Crippen LogP contribution in [-0.4, -0.2) is 22.5 Å². The maximum absolute atomic E-state index is 12.5. The second-order valence-electron chi connectivity index (χ2n) is 5.92. The van der Waals surface area contributed by atoms with Crippen LogP contribution in [0.25, 0.3) is 32.7 Å². The minimum absolute atomic E-state index is 0.0118. The van der Waals surface area contributed by atoms with Crippen LogP contribution >= 0.6 is 11.3 Å². The number of H-pyrrole nitrogens is 1. The molecule has 27 heavy (non-hydrogen) atoms. The lowest BCUT2D eigenvalue weighted by Gasteiger charge is -2.04. The number of fused-ring (bicyclic) bond motifs is 1. The van der Waals surface area contributed by atoms with Gasteiger partial charge in [-0.3, -0.25) is 4.79 Å². The number of nitrogens with zero attached hydrogens (tertiary/aromatic N) is 1.